The molecule has 0 fully saturated rings. The summed E-state index contributed by atoms with van der Waals surface area (Å²) in [4.78, 5) is 0. The molecule has 0 heterocycles. The van der Waals surface area contributed by atoms with Gasteiger partial charge in [0.15, 0.2) is 0 Å². The van der Waals surface area contributed by atoms with Gasteiger partial charge in [-0.3, -0.25) is 0 Å². The molecule has 0 amide bonds. The zero-order chi connectivity index (χ0) is 8.36. The SMILES string of the molecule is CC(C)N(O)C[Si](C)(C)C. The van der Waals surface area contributed by atoms with Gasteiger partial charge in [0.2, 0.25) is 0 Å². The number of hydrogen-bond donors (Lipinski definition) is 1. The third kappa shape index (κ3) is 4.96. The molecule has 0 unspecified atom stereocenters. The van der Waals surface area contributed by atoms with Crippen LogP contribution in [0.15, 0.2) is 0 Å². The average molecular weight is 161 g/mol. The first kappa shape index (κ1) is 10.1. The standard InChI is InChI=1S/C7H19NOSi/c1-7(2)8(9)6-10(3,4)5/h7,9H,6H2,1-5H3. The van der Waals surface area contributed by atoms with E-state index in [-0.39, 0.29) is 6.04 Å². The molecule has 0 saturated carbocycles. The minimum Gasteiger partial charge on any atom is -0.314 e. The summed E-state index contributed by atoms with van der Waals surface area (Å²) in [7, 11) is -1.11. The van der Waals surface area contributed by atoms with Gasteiger partial charge >= 0.3 is 0 Å². The van der Waals surface area contributed by atoms with Crippen molar-refractivity contribution in [3.63, 3.8) is 0 Å². The number of nitrogens with zero attached hydrogens (tertiary/aromatic N) is 1. The largest absolute Gasteiger partial charge is 0.314 e. The highest BCUT2D eigenvalue weighted by molar-refractivity contribution is 6.76. The van der Waals surface area contributed by atoms with Crippen molar-refractivity contribution in [2.45, 2.75) is 39.5 Å². The van der Waals surface area contributed by atoms with Crippen molar-refractivity contribution < 1.29 is 5.21 Å². The normalized spacial score (nSPS) is 13.2. The second kappa shape index (κ2) is 3.51. The van der Waals surface area contributed by atoms with Crippen LogP contribution in [0, 0.1) is 0 Å². The Morgan fingerprint density at radius 2 is 1.70 bits per heavy atom. The summed E-state index contributed by atoms with van der Waals surface area (Å²) in [5.41, 5.74) is 0. The maximum absolute atomic E-state index is 9.33. The van der Waals surface area contributed by atoms with Gasteiger partial charge in [0.05, 0.1) is 8.07 Å². The van der Waals surface area contributed by atoms with E-state index in [9.17, 15) is 5.21 Å². The Hall–Kier alpha value is 0.137. The van der Waals surface area contributed by atoms with Gasteiger partial charge in [-0.15, -0.1) is 0 Å². The first-order valence-corrected chi connectivity index (χ1v) is 7.49. The van der Waals surface area contributed by atoms with Gasteiger partial charge in [-0.25, -0.2) is 0 Å². The lowest BCUT2D eigenvalue weighted by Crippen LogP contribution is -2.41. The monoisotopic (exact) mass is 161 g/mol. The highest BCUT2D eigenvalue weighted by Gasteiger charge is 2.18. The van der Waals surface area contributed by atoms with Gasteiger partial charge in [0, 0.05) is 12.2 Å². The maximum Gasteiger partial charge on any atom is 0.0630 e. The Bertz CT molecular complexity index is 98.3. The van der Waals surface area contributed by atoms with E-state index < -0.39 is 8.07 Å². The van der Waals surface area contributed by atoms with E-state index in [1.54, 1.807) is 0 Å². The highest BCUT2D eigenvalue weighted by atomic mass is 28.3. The molecule has 2 nitrogen and oxygen atoms in total. The number of hydroxylamine groups is 2. The molecule has 0 aromatic rings. The molecule has 0 rings (SSSR count). The molecule has 0 aromatic heterocycles. The van der Waals surface area contributed by atoms with Crippen LogP contribution in [0.3, 0.4) is 0 Å². The fraction of sp³-hybridized carbons (Fsp3) is 1.00. The van der Waals surface area contributed by atoms with E-state index >= 15 is 0 Å². The summed E-state index contributed by atoms with van der Waals surface area (Å²) in [6.07, 6.45) is 0.866. The van der Waals surface area contributed by atoms with Gasteiger partial charge in [-0.1, -0.05) is 19.6 Å². The Labute approximate surface area is 64.8 Å². The van der Waals surface area contributed by atoms with E-state index in [4.69, 9.17) is 0 Å². The number of hydrogen-bond acceptors (Lipinski definition) is 2. The Morgan fingerprint density at radius 3 is 1.80 bits per heavy atom. The first-order chi connectivity index (χ1) is 4.33. The van der Waals surface area contributed by atoms with Crippen LogP contribution in [0.4, 0.5) is 0 Å². The first-order valence-electron chi connectivity index (χ1n) is 3.78. The van der Waals surface area contributed by atoms with Crippen molar-refractivity contribution in [2.75, 3.05) is 6.17 Å². The van der Waals surface area contributed by atoms with Crippen molar-refractivity contribution >= 4 is 8.07 Å². The topological polar surface area (TPSA) is 23.5 Å². The molecular formula is C7H19NOSi. The predicted octanol–water partition coefficient (Wildman–Crippen LogP) is 1.96. The molecule has 0 saturated heterocycles. The van der Waals surface area contributed by atoms with Gasteiger partial charge in [0.25, 0.3) is 0 Å². The van der Waals surface area contributed by atoms with E-state index in [0.717, 1.165) is 6.17 Å². The van der Waals surface area contributed by atoms with Crippen molar-refractivity contribution in [2.24, 2.45) is 0 Å². The van der Waals surface area contributed by atoms with Crippen molar-refractivity contribution in [3.05, 3.63) is 0 Å². The van der Waals surface area contributed by atoms with Gasteiger partial charge < -0.3 is 5.21 Å². The second-order valence-electron chi connectivity index (χ2n) is 4.25. The molecular weight excluding hydrogens is 142 g/mol. The summed E-state index contributed by atoms with van der Waals surface area (Å²) in [5.74, 6) is 0. The van der Waals surface area contributed by atoms with Gasteiger partial charge in [-0.05, 0) is 13.8 Å². The Kier molecular flexibility index (Phi) is 3.55. The minimum atomic E-state index is -1.11. The van der Waals surface area contributed by atoms with Crippen LogP contribution in [0.5, 0.6) is 0 Å². The third-order valence-electron chi connectivity index (χ3n) is 1.23. The van der Waals surface area contributed by atoms with Gasteiger partial charge in [-0.2, -0.15) is 5.06 Å². The maximum atomic E-state index is 9.33. The Morgan fingerprint density at radius 1 is 1.30 bits per heavy atom. The second-order valence-corrected chi connectivity index (χ2v) is 9.69. The minimum absolute atomic E-state index is 0.256. The van der Waals surface area contributed by atoms with Crippen LogP contribution in [0.2, 0.25) is 19.6 Å². The summed E-state index contributed by atoms with van der Waals surface area (Å²) in [5, 5.41) is 10.8. The average Bonchev–Trinajstić information content (AvgIpc) is 1.60. The molecule has 0 aliphatic heterocycles. The van der Waals surface area contributed by atoms with E-state index in [0.29, 0.717) is 0 Å². The fourth-order valence-corrected chi connectivity index (χ4v) is 2.01. The highest BCUT2D eigenvalue weighted by Crippen LogP contribution is 2.04. The zero-order valence-electron chi connectivity index (χ0n) is 7.68. The predicted molar refractivity (Wildman–Crippen MR) is 47.0 cm³/mol. The summed E-state index contributed by atoms with van der Waals surface area (Å²) >= 11 is 0. The van der Waals surface area contributed by atoms with Crippen molar-refractivity contribution in [3.8, 4) is 0 Å². The van der Waals surface area contributed by atoms with Gasteiger partial charge in [0.1, 0.15) is 0 Å². The summed E-state index contributed by atoms with van der Waals surface area (Å²) in [6.45, 7) is 10.7. The number of rotatable bonds is 3. The molecule has 0 aliphatic carbocycles. The smallest absolute Gasteiger partial charge is 0.0630 e. The fourth-order valence-electron chi connectivity index (χ4n) is 0.669. The molecule has 0 atom stereocenters. The van der Waals surface area contributed by atoms with Crippen LogP contribution in [0.25, 0.3) is 0 Å². The van der Waals surface area contributed by atoms with Crippen LogP contribution in [0.1, 0.15) is 13.8 Å². The van der Waals surface area contributed by atoms with Crippen molar-refractivity contribution in [1.29, 1.82) is 0 Å². The van der Waals surface area contributed by atoms with Crippen LogP contribution in [-0.4, -0.2) is 30.6 Å². The lowest BCUT2D eigenvalue weighted by Gasteiger charge is -2.25. The summed E-state index contributed by atoms with van der Waals surface area (Å²) in [6, 6.07) is 0.256. The molecule has 0 aromatic carbocycles. The van der Waals surface area contributed by atoms with Crippen LogP contribution in [-0.2, 0) is 0 Å². The lowest BCUT2D eigenvalue weighted by molar-refractivity contribution is -0.102. The quantitative estimate of drug-likeness (QED) is 0.505. The molecule has 0 aliphatic rings. The molecule has 10 heavy (non-hydrogen) atoms. The molecule has 1 N–H and O–H groups in total. The van der Waals surface area contributed by atoms with Crippen molar-refractivity contribution in [1.82, 2.24) is 5.06 Å². The van der Waals surface area contributed by atoms with E-state index in [2.05, 4.69) is 19.6 Å². The molecule has 3 heteroatoms. The third-order valence-corrected chi connectivity index (χ3v) is 2.51. The lowest BCUT2D eigenvalue weighted by atomic mass is 10.4. The molecule has 62 valence electrons. The Balaban J connectivity index is 3.68. The molecule has 0 bridgehead atoms. The molecule has 0 radical (unpaired) electrons. The van der Waals surface area contributed by atoms with Crippen LogP contribution < -0.4 is 0 Å². The van der Waals surface area contributed by atoms with E-state index in [1.165, 1.54) is 5.06 Å². The molecule has 0 spiro atoms. The summed E-state index contributed by atoms with van der Waals surface area (Å²) < 4.78 is 0. The zero-order valence-corrected chi connectivity index (χ0v) is 8.68. The van der Waals surface area contributed by atoms with Crippen LogP contribution >= 0.6 is 0 Å². The van der Waals surface area contributed by atoms with E-state index in [1.807, 2.05) is 13.8 Å².